The summed E-state index contributed by atoms with van der Waals surface area (Å²) in [6.45, 7) is 7.37. The minimum atomic E-state index is -0.494. The van der Waals surface area contributed by atoms with Gasteiger partial charge in [-0.25, -0.2) is 9.48 Å². The van der Waals surface area contributed by atoms with Gasteiger partial charge in [0.1, 0.15) is 0 Å². The van der Waals surface area contributed by atoms with Crippen molar-refractivity contribution in [3.63, 3.8) is 0 Å². The van der Waals surface area contributed by atoms with Gasteiger partial charge in [0.15, 0.2) is 5.69 Å². The molecule has 7 nitrogen and oxygen atoms in total. The molecule has 1 heterocycles. The molecule has 0 bridgehead atoms. The Kier molecular flexibility index (Phi) is 5.44. The molecule has 0 saturated heterocycles. The van der Waals surface area contributed by atoms with Gasteiger partial charge in [-0.2, -0.15) is 0 Å². The van der Waals surface area contributed by atoms with Crippen LogP contribution in [0, 0.1) is 0 Å². The number of hydrogen-bond acceptors (Lipinski definition) is 6. The lowest BCUT2D eigenvalue weighted by atomic mass is 10.2. The van der Waals surface area contributed by atoms with Gasteiger partial charge in [0.2, 0.25) is 0 Å². The van der Waals surface area contributed by atoms with Crippen LogP contribution in [0.2, 0.25) is 0 Å². The lowest BCUT2D eigenvalue weighted by molar-refractivity contribution is -0.00832. The van der Waals surface area contributed by atoms with Crippen molar-refractivity contribution in [2.75, 3.05) is 20.3 Å². The second kappa shape index (κ2) is 6.63. The summed E-state index contributed by atoms with van der Waals surface area (Å²) in [5, 5.41) is 7.80. The highest BCUT2D eigenvalue weighted by Gasteiger charge is 2.20. The Morgan fingerprint density at radius 1 is 1.42 bits per heavy atom. The third kappa shape index (κ3) is 4.60. The Balaban J connectivity index is 2.77. The first-order valence-corrected chi connectivity index (χ1v) is 6.23. The smallest absolute Gasteiger partial charge is 0.360 e. The molecule has 0 unspecified atom stereocenters. The predicted octanol–water partition coefficient (Wildman–Crippen LogP) is 0.381. The number of carbonyl (C=O) groups excluding carboxylic acids is 1. The zero-order valence-corrected chi connectivity index (χ0v) is 12.0. The molecular formula is C12H22N4O3. The lowest BCUT2D eigenvalue weighted by Gasteiger charge is -2.19. The van der Waals surface area contributed by atoms with Crippen LogP contribution in [-0.4, -0.2) is 46.8 Å². The van der Waals surface area contributed by atoms with Crippen LogP contribution in [0.4, 0.5) is 0 Å². The van der Waals surface area contributed by atoms with E-state index < -0.39 is 5.97 Å². The van der Waals surface area contributed by atoms with Crippen LogP contribution in [0.15, 0.2) is 0 Å². The van der Waals surface area contributed by atoms with Crippen LogP contribution in [0.25, 0.3) is 0 Å². The van der Waals surface area contributed by atoms with Gasteiger partial charge in [0, 0.05) is 6.42 Å². The molecule has 0 fully saturated rings. The number of carbonyl (C=O) groups is 1. The molecule has 0 atom stereocenters. The van der Waals surface area contributed by atoms with Crippen molar-refractivity contribution < 1.29 is 14.3 Å². The number of esters is 1. The number of nitrogens with zero attached hydrogens (tertiary/aromatic N) is 3. The monoisotopic (exact) mass is 270 g/mol. The summed E-state index contributed by atoms with van der Waals surface area (Å²) >= 11 is 0. The number of ether oxygens (including phenoxy) is 2. The highest BCUT2D eigenvalue weighted by Crippen LogP contribution is 2.10. The fourth-order valence-corrected chi connectivity index (χ4v) is 1.59. The van der Waals surface area contributed by atoms with E-state index in [9.17, 15) is 4.79 Å². The second-order valence-electron chi connectivity index (χ2n) is 5.10. The first-order valence-electron chi connectivity index (χ1n) is 6.23. The van der Waals surface area contributed by atoms with Crippen LogP contribution >= 0.6 is 0 Å². The molecule has 0 aliphatic heterocycles. The molecule has 0 aliphatic carbocycles. The van der Waals surface area contributed by atoms with Crippen molar-refractivity contribution in [2.45, 2.75) is 39.3 Å². The Bertz CT molecular complexity index is 423. The van der Waals surface area contributed by atoms with Gasteiger partial charge >= 0.3 is 5.97 Å². The average Bonchev–Trinajstić information content (AvgIpc) is 2.71. The van der Waals surface area contributed by atoms with Crippen LogP contribution in [0.3, 0.4) is 0 Å². The molecule has 7 heteroatoms. The molecular weight excluding hydrogens is 248 g/mol. The van der Waals surface area contributed by atoms with Crippen molar-refractivity contribution in [3.8, 4) is 0 Å². The van der Waals surface area contributed by atoms with Crippen molar-refractivity contribution in [3.05, 3.63) is 11.4 Å². The fraction of sp³-hybridized carbons (Fsp3) is 0.750. The van der Waals surface area contributed by atoms with E-state index in [1.807, 2.05) is 20.8 Å². The molecule has 2 N–H and O–H groups in total. The zero-order valence-electron chi connectivity index (χ0n) is 12.0. The number of methoxy groups -OCH3 is 1. The number of nitrogens with two attached hydrogens (primary N) is 1. The molecule has 0 radical (unpaired) electrons. The van der Waals surface area contributed by atoms with E-state index in [1.54, 1.807) is 4.68 Å². The summed E-state index contributed by atoms with van der Waals surface area (Å²) in [5.74, 6) is -0.494. The molecule has 108 valence electrons. The maximum atomic E-state index is 11.5. The highest BCUT2D eigenvalue weighted by molar-refractivity contribution is 5.88. The first-order chi connectivity index (χ1) is 8.89. The Labute approximate surface area is 113 Å². The minimum Gasteiger partial charge on any atom is -0.464 e. The van der Waals surface area contributed by atoms with E-state index in [0.717, 1.165) is 0 Å². The molecule has 1 rings (SSSR count). The van der Waals surface area contributed by atoms with Gasteiger partial charge in [0.05, 0.1) is 31.6 Å². The number of hydrogen-bond donors (Lipinski definition) is 1. The van der Waals surface area contributed by atoms with E-state index in [4.69, 9.17) is 10.5 Å². The van der Waals surface area contributed by atoms with E-state index in [2.05, 4.69) is 15.0 Å². The molecule has 0 aliphatic rings. The molecule has 1 aromatic heterocycles. The third-order valence-corrected chi connectivity index (χ3v) is 2.44. The Hall–Kier alpha value is -1.47. The summed E-state index contributed by atoms with van der Waals surface area (Å²) < 4.78 is 11.9. The Morgan fingerprint density at radius 3 is 2.63 bits per heavy atom. The van der Waals surface area contributed by atoms with Gasteiger partial charge in [-0.15, -0.1) is 5.10 Å². The first kappa shape index (κ1) is 15.6. The van der Waals surface area contributed by atoms with E-state index >= 15 is 0 Å². The molecule has 19 heavy (non-hydrogen) atoms. The van der Waals surface area contributed by atoms with Crippen LogP contribution in [-0.2, 0) is 22.4 Å². The largest absolute Gasteiger partial charge is 0.464 e. The maximum absolute atomic E-state index is 11.5. The lowest BCUT2D eigenvalue weighted by Crippen LogP contribution is -2.23. The topological polar surface area (TPSA) is 92.3 Å². The van der Waals surface area contributed by atoms with E-state index in [0.29, 0.717) is 31.8 Å². The predicted molar refractivity (Wildman–Crippen MR) is 69.8 cm³/mol. The van der Waals surface area contributed by atoms with E-state index in [1.165, 1.54) is 7.11 Å². The van der Waals surface area contributed by atoms with Crippen molar-refractivity contribution >= 4 is 5.97 Å². The highest BCUT2D eigenvalue weighted by atomic mass is 16.5. The summed E-state index contributed by atoms with van der Waals surface area (Å²) in [6.07, 6.45) is 0.521. The summed E-state index contributed by atoms with van der Waals surface area (Å²) in [5.41, 5.74) is 6.25. The SMILES string of the molecule is COC(=O)c1nnn(CCOC(C)(C)C)c1CCN. The van der Waals surface area contributed by atoms with Gasteiger partial charge in [-0.1, -0.05) is 5.21 Å². The van der Waals surface area contributed by atoms with Crippen molar-refractivity contribution in [2.24, 2.45) is 5.73 Å². The quantitative estimate of drug-likeness (QED) is 0.751. The summed E-state index contributed by atoms with van der Waals surface area (Å²) in [4.78, 5) is 11.5. The van der Waals surface area contributed by atoms with Crippen LogP contribution in [0.5, 0.6) is 0 Å². The maximum Gasteiger partial charge on any atom is 0.360 e. The molecule has 0 aromatic carbocycles. The van der Waals surface area contributed by atoms with Gasteiger partial charge < -0.3 is 15.2 Å². The standard InChI is InChI=1S/C12H22N4O3/c1-12(2,3)19-8-7-16-9(5-6-13)10(14-15-16)11(17)18-4/h5-8,13H2,1-4H3. The number of aromatic nitrogens is 3. The van der Waals surface area contributed by atoms with Crippen molar-refractivity contribution in [1.29, 1.82) is 0 Å². The second-order valence-corrected chi connectivity index (χ2v) is 5.10. The third-order valence-electron chi connectivity index (χ3n) is 2.44. The molecule has 1 aromatic rings. The summed E-state index contributed by atoms with van der Waals surface area (Å²) in [6, 6.07) is 0. The minimum absolute atomic E-state index is 0.209. The van der Waals surface area contributed by atoms with Gasteiger partial charge in [-0.05, 0) is 27.3 Å². The zero-order chi connectivity index (χ0) is 14.5. The Morgan fingerprint density at radius 2 is 2.11 bits per heavy atom. The molecule has 0 amide bonds. The normalized spacial score (nSPS) is 11.6. The fourth-order valence-electron chi connectivity index (χ4n) is 1.59. The molecule has 0 saturated carbocycles. The average molecular weight is 270 g/mol. The van der Waals surface area contributed by atoms with Gasteiger partial charge in [-0.3, -0.25) is 0 Å². The van der Waals surface area contributed by atoms with Crippen molar-refractivity contribution in [1.82, 2.24) is 15.0 Å². The number of rotatable bonds is 6. The summed E-state index contributed by atoms with van der Waals surface area (Å²) in [7, 11) is 1.32. The van der Waals surface area contributed by atoms with E-state index in [-0.39, 0.29) is 11.3 Å². The molecule has 0 spiro atoms. The van der Waals surface area contributed by atoms with Crippen LogP contribution < -0.4 is 5.73 Å². The van der Waals surface area contributed by atoms with Gasteiger partial charge in [0.25, 0.3) is 0 Å². The van der Waals surface area contributed by atoms with Crippen LogP contribution in [0.1, 0.15) is 37.0 Å².